The van der Waals surface area contributed by atoms with Gasteiger partial charge in [0.25, 0.3) is 0 Å². The van der Waals surface area contributed by atoms with Crippen molar-refractivity contribution in [2.75, 3.05) is 24.3 Å². The fourth-order valence-corrected chi connectivity index (χ4v) is 4.97. The molecule has 0 aromatic heterocycles. The van der Waals surface area contributed by atoms with Crippen molar-refractivity contribution in [3.63, 3.8) is 0 Å². The molecule has 0 heterocycles. The molecule has 0 atom stereocenters. The van der Waals surface area contributed by atoms with E-state index in [-0.39, 0.29) is 0 Å². The van der Waals surface area contributed by atoms with Crippen molar-refractivity contribution in [2.45, 2.75) is 6.54 Å². The van der Waals surface area contributed by atoms with E-state index in [1.54, 1.807) is 0 Å². The Hall–Kier alpha value is -3.78. The highest BCUT2D eigenvalue weighted by molar-refractivity contribution is 6.23. The lowest BCUT2D eigenvalue weighted by molar-refractivity contribution is 1.14. The van der Waals surface area contributed by atoms with Crippen LogP contribution in [0.5, 0.6) is 0 Å². The van der Waals surface area contributed by atoms with E-state index in [1.165, 1.54) is 60.0 Å². The first kappa shape index (κ1) is 18.0. The number of hydrogen-bond acceptors (Lipinski definition) is 2. The number of benzene rings is 6. The average molecular weight is 401 g/mol. The number of nitrogens with zero attached hydrogens (tertiary/aromatic N) is 1. The van der Waals surface area contributed by atoms with Gasteiger partial charge >= 0.3 is 0 Å². The minimum atomic E-state index is 0.791. The summed E-state index contributed by atoms with van der Waals surface area (Å²) in [5.41, 5.74) is 3.74. The van der Waals surface area contributed by atoms with E-state index in [0.717, 1.165) is 6.54 Å². The van der Waals surface area contributed by atoms with Crippen molar-refractivity contribution in [1.82, 2.24) is 0 Å². The second kappa shape index (κ2) is 6.88. The lowest BCUT2D eigenvalue weighted by Gasteiger charge is -2.19. The van der Waals surface area contributed by atoms with Gasteiger partial charge in [0.15, 0.2) is 0 Å². The SMILES string of the molecule is CN(C)c1ccc(NCc2ccc3ccc4cccc5ccc2c3c45)c2ccccc12. The molecule has 6 rings (SSSR count). The van der Waals surface area contributed by atoms with Gasteiger partial charge in [-0.3, -0.25) is 0 Å². The predicted octanol–water partition coefficient (Wildman–Crippen LogP) is 7.42. The standard InChI is InChI=1S/C29H24N2/c1-31(2)27-17-16-26(24-8-3-4-9-25(24)27)30-18-22-13-12-21-11-10-19-6-5-7-20-14-15-23(22)29(21)28(19)20/h3-17,30H,18H2,1-2H3. The molecule has 1 N–H and O–H groups in total. The molecule has 0 unspecified atom stereocenters. The van der Waals surface area contributed by atoms with Crippen LogP contribution in [0.3, 0.4) is 0 Å². The molecule has 6 aromatic carbocycles. The summed E-state index contributed by atoms with van der Waals surface area (Å²) in [6, 6.07) is 33.2. The zero-order valence-electron chi connectivity index (χ0n) is 17.8. The molecule has 0 saturated heterocycles. The van der Waals surface area contributed by atoms with E-state index in [9.17, 15) is 0 Å². The van der Waals surface area contributed by atoms with E-state index < -0.39 is 0 Å². The van der Waals surface area contributed by atoms with Crippen molar-refractivity contribution >= 4 is 54.5 Å². The third-order valence-corrected chi connectivity index (χ3v) is 6.47. The van der Waals surface area contributed by atoms with Crippen molar-refractivity contribution in [3.05, 3.63) is 96.6 Å². The Balaban J connectivity index is 1.45. The Morgan fingerprint density at radius 1 is 0.581 bits per heavy atom. The molecule has 31 heavy (non-hydrogen) atoms. The summed E-state index contributed by atoms with van der Waals surface area (Å²) in [6.45, 7) is 0.791. The summed E-state index contributed by atoms with van der Waals surface area (Å²) >= 11 is 0. The average Bonchev–Trinajstić information content (AvgIpc) is 2.81. The van der Waals surface area contributed by atoms with Gasteiger partial charge in [-0.2, -0.15) is 0 Å². The summed E-state index contributed by atoms with van der Waals surface area (Å²) in [4.78, 5) is 2.17. The Kier molecular flexibility index (Phi) is 4.00. The fraction of sp³-hybridized carbons (Fsp3) is 0.103. The Morgan fingerprint density at radius 2 is 1.26 bits per heavy atom. The fourth-order valence-electron chi connectivity index (χ4n) is 4.97. The van der Waals surface area contributed by atoms with E-state index >= 15 is 0 Å². The van der Waals surface area contributed by atoms with Crippen LogP contribution in [0.15, 0.2) is 91.0 Å². The van der Waals surface area contributed by atoms with Crippen LogP contribution < -0.4 is 10.2 Å². The molecule has 0 aliphatic heterocycles. The number of anilines is 2. The van der Waals surface area contributed by atoms with Crippen molar-refractivity contribution in [2.24, 2.45) is 0 Å². The third kappa shape index (κ3) is 2.79. The van der Waals surface area contributed by atoms with Crippen LogP contribution in [0.25, 0.3) is 43.1 Å². The van der Waals surface area contributed by atoms with Crippen LogP contribution in [0.2, 0.25) is 0 Å². The lowest BCUT2D eigenvalue weighted by atomic mass is 9.92. The molecule has 0 aliphatic rings. The maximum Gasteiger partial charge on any atom is 0.0442 e. The van der Waals surface area contributed by atoms with Gasteiger partial charge in [0.1, 0.15) is 0 Å². The summed E-state index contributed by atoms with van der Waals surface area (Å²) in [5.74, 6) is 0. The zero-order valence-corrected chi connectivity index (χ0v) is 17.8. The highest BCUT2D eigenvalue weighted by Crippen LogP contribution is 2.37. The molecule has 6 aromatic rings. The molecule has 0 radical (unpaired) electrons. The molecule has 0 spiro atoms. The second-order valence-electron chi connectivity index (χ2n) is 8.51. The Labute approximate surface area is 182 Å². The monoisotopic (exact) mass is 400 g/mol. The molecule has 0 bridgehead atoms. The number of hydrogen-bond donors (Lipinski definition) is 1. The van der Waals surface area contributed by atoms with Gasteiger partial charge in [-0.1, -0.05) is 78.9 Å². The smallest absolute Gasteiger partial charge is 0.0442 e. The van der Waals surface area contributed by atoms with Gasteiger partial charge in [-0.25, -0.2) is 0 Å². The molecule has 2 nitrogen and oxygen atoms in total. The van der Waals surface area contributed by atoms with Gasteiger partial charge < -0.3 is 10.2 Å². The minimum absolute atomic E-state index is 0.791. The number of rotatable bonds is 4. The Morgan fingerprint density at radius 3 is 2.03 bits per heavy atom. The van der Waals surface area contributed by atoms with E-state index in [4.69, 9.17) is 0 Å². The lowest BCUT2D eigenvalue weighted by Crippen LogP contribution is -2.09. The Bertz CT molecular complexity index is 1550. The highest BCUT2D eigenvalue weighted by Gasteiger charge is 2.12. The second-order valence-corrected chi connectivity index (χ2v) is 8.51. The molecular weight excluding hydrogens is 376 g/mol. The first-order chi connectivity index (χ1) is 15.2. The van der Waals surface area contributed by atoms with E-state index in [0.29, 0.717) is 0 Å². The molecule has 150 valence electrons. The first-order valence-electron chi connectivity index (χ1n) is 10.8. The molecule has 0 fully saturated rings. The van der Waals surface area contributed by atoms with Crippen LogP contribution in [-0.4, -0.2) is 14.1 Å². The largest absolute Gasteiger partial charge is 0.380 e. The van der Waals surface area contributed by atoms with Gasteiger partial charge in [-0.05, 0) is 50.0 Å². The molecular formula is C29H24N2. The topological polar surface area (TPSA) is 15.3 Å². The third-order valence-electron chi connectivity index (χ3n) is 6.47. The van der Waals surface area contributed by atoms with Crippen LogP contribution in [0, 0.1) is 0 Å². The van der Waals surface area contributed by atoms with Crippen LogP contribution in [0.1, 0.15) is 5.56 Å². The normalized spacial score (nSPS) is 11.7. The first-order valence-corrected chi connectivity index (χ1v) is 10.8. The van der Waals surface area contributed by atoms with Crippen LogP contribution in [0.4, 0.5) is 11.4 Å². The maximum atomic E-state index is 3.73. The summed E-state index contributed by atoms with van der Waals surface area (Å²) in [7, 11) is 4.19. The number of fused-ring (bicyclic) bond motifs is 1. The molecule has 0 aliphatic carbocycles. The van der Waals surface area contributed by atoms with Crippen LogP contribution in [-0.2, 0) is 6.54 Å². The van der Waals surface area contributed by atoms with E-state index in [1.807, 2.05) is 0 Å². The highest BCUT2D eigenvalue weighted by atomic mass is 15.1. The minimum Gasteiger partial charge on any atom is -0.380 e. The van der Waals surface area contributed by atoms with Gasteiger partial charge in [0.05, 0.1) is 0 Å². The number of nitrogens with one attached hydrogen (secondary N) is 1. The quantitative estimate of drug-likeness (QED) is 0.310. The maximum absolute atomic E-state index is 3.73. The van der Waals surface area contributed by atoms with Gasteiger partial charge in [0.2, 0.25) is 0 Å². The van der Waals surface area contributed by atoms with Gasteiger partial charge in [0, 0.05) is 42.8 Å². The van der Waals surface area contributed by atoms with Crippen molar-refractivity contribution in [3.8, 4) is 0 Å². The molecule has 0 amide bonds. The van der Waals surface area contributed by atoms with Crippen LogP contribution >= 0.6 is 0 Å². The molecule has 2 heteroatoms. The van der Waals surface area contributed by atoms with Crippen molar-refractivity contribution in [1.29, 1.82) is 0 Å². The zero-order chi connectivity index (χ0) is 20.9. The summed E-state index contributed by atoms with van der Waals surface area (Å²) in [6.07, 6.45) is 0. The predicted molar refractivity (Wildman–Crippen MR) is 136 cm³/mol. The molecule has 0 saturated carbocycles. The van der Waals surface area contributed by atoms with Gasteiger partial charge in [-0.15, -0.1) is 0 Å². The van der Waals surface area contributed by atoms with E-state index in [2.05, 4.69) is 115 Å². The van der Waals surface area contributed by atoms with Crippen molar-refractivity contribution < 1.29 is 0 Å². The summed E-state index contributed by atoms with van der Waals surface area (Å²) < 4.78 is 0. The summed E-state index contributed by atoms with van der Waals surface area (Å²) in [5, 5.41) is 14.3.